The molecule has 0 radical (unpaired) electrons. The number of rotatable bonds is 15. The Morgan fingerprint density at radius 1 is 1.02 bits per heavy atom. The predicted molar refractivity (Wildman–Crippen MR) is 169 cm³/mol. The van der Waals surface area contributed by atoms with Gasteiger partial charge in [0.05, 0.1) is 19.3 Å². The maximum absolute atomic E-state index is 13.8. The summed E-state index contributed by atoms with van der Waals surface area (Å²) in [7, 11) is 0. The van der Waals surface area contributed by atoms with E-state index in [0.29, 0.717) is 29.7 Å². The molecule has 13 heteroatoms. The molecule has 47 heavy (non-hydrogen) atoms. The van der Waals surface area contributed by atoms with Gasteiger partial charge in [0.15, 0.2) is 0 Å². The fraction of sp³-hybridized carbons (Fsp3) is 0.618. The molecule has 4 rings (SSSR count). The lowest BCUT2D eigenvalue weighted by Crippen LogP contribution is -2.54. The van der Waals surface area contributed by atoms with Crippen molar-refractivity contribution in [3.05, 3.63) is 41.0 Å². The molecule has 0 bridgehead atoms. The molecule has 1 spiro atoms. The van der Waals surface area contributed by atoms with Gasteiger partial charge in [0.1, 0.15) is 30.1 Å². The van der Waals surface area contributed by atoms with Crippen molar-refractivity contribution in [2.45, 2.75) is 115 Å². The van der Waals surface area contributed by atoms with Crippen molar-refractivity contribution < 1.29 is 47.7 Å². The van der Waals surface area contributed by atoms with Crippen molar-refractivity contribution in [2.24, 2.45) is 0 Å². The molecule has 4 unspecified atom stereocenters. The molecule has 3 aliphatic rings. The molecule has 258 valence electrons. The number of benzene rings is 1. The maximum atomic E-state index is 13.8. The van der Waals surface area contributed by atoms with Gasteiger partial charge in [-0.15, -0.1) is 0 Å². The number of ether oxygens (including phenoxy) is 5. The minimum Gasteiger partial charge on any atom is -0.487 e. The molecule has 2 amide bonds. The van der Waals surface area contributed by atoms with Gasteiger partial charge >= 0.3 is 5.97 Å². The first-order valence-corrected chi connectivity index (χ1v) is 16.2. The molecule has 1 saturated heterocycles. The van der Waals surface area contributed by atoms with Crippen LogP contribution in [0, 0.1) is 0 Å². The van der Waals surface area contributed by atoms with E-state index in [1.54, 1.807) is 19.9 Å². The van der Waals surface area contributed by atoms with Crippen molar-refractivity contribution in [1.29, 1.82) is 0 Å². The third-order valence-electron chi connectivity index (χ3n) is 8.11. The minimum absolute atomic E-state index is 0.0376. The van der Waals surface area contributed by atoms with Crippen LogP contribution in [0.15, 0.2) is 29.8 Å². The molecular weight excluding hydrogens is 610 g/mol. The minimum atomic E-state index is -1.64. The van der Waals surface area contributed by atoms with Gasteiger partial charge in [0.2, 0.25) is 17.6 Å². The second kappa shape index (κ2) is 15.4. The summed E-state index contributed by atoms with van der Waals surface area (Å²) in [6.07, 6.45) is 0.582. The molecular formula is C34H47N3O10. The zero-order valence-electron chi connectivity index (χ0n) is 28.0. The van der Waals surface area contributed by atoms with Gasteiger partial charge in [-0.1, -0.05) is 38.1 Å². The van der Waals surface area contributed by atoms with E-state index < -0.39 is 47.4 Å². The second-order valence-electron chi connectivity index (χ2n) is 13.3. The summed E-state index contributed by atoms with van der Waals surface area (Å²) in [6, 6.07) is 5.35. The number of fused-ring (bicyclic) bond motifs is 3. The molecule has 1 fully saturated rings. The van der Waals surface area contributed by atoms with E-state index in [1.807, 2.05) is 45.9 Å². The molecule has 13 nitrogen and oxygen atoms in total. The van der Waals surface area contributed by atoms with E-state index >= 15 is 0 Å². The number of amides is 2. The zero-order valence-corrected chi connectivity index (χ0v) is 28.0. The third kappa shape index (κ3) is 8.76. The predicted octanol–water partition coefficient (Wildman–Crippen LogP) is 2.40. The fourth-order valence-corrected chi connectivity index (χ4v) is 5.88. The number of carbonyl (C=O) groups excluding carboxylic acids is 5. The van der Waals surface area contributed by atoms with E-state index in [-0.39, 0.29) is 63.4 Å². The van der Waals surface area contributed by atoms with Gasteiger partial charge < -0.3 is 39.6 Å². The van der Waals surface area contributed by atoms with Gasteiger partial charge in [-0.05, 0) is 47.0 Å². The summed E-state index contributed by atoms with van der Waals surface area (Å²) >= 11 is 0. The molecule has 1 aromatic rings. The highest BCUT2D eigenvalue weighted by Gasteiger charge is 2.56. The molecule has 1 aliphatic carbocycles. The summed E-state index contributed by atoms with van der Waals surface area (Å²) in [5.74, 6) is -2.83. The smallest absolute Gasteiger partial charge is 0.305 e. The Hall–Kier alpha value is -3.81. The number of ketones is 1. The fourth-order valence-electron chi connectivity index (χ4n) is 5.88. The summed E-state index contributed by atoms with van der Waals surface area (Å²) in [5.41, 5.74) is 1.42. The SMILES string of the molecule is CC(C)NC(=O)C(CCOC=O)NC(=O)C(CCC(=O)OCC1COC2(O1)C(=O)C1=C(OC(C)(C)CC1)c1ccccc12)NC(C)C. The Kier molecular flexibility index (Phi) is 11.8. The molecule has 1 aromatic carbocycles. The summed E-state index contributed by atoms with van der Waals surface area (Å²) in [4.78, 5) is 63.2. The topological polar surface area (TPSA) is 168 Å². The summed E-state index contributed by atoms with van der Waals surface area (Å²) in [6.45, 7) is 11.4. The molecule has 0 aromatic heterocycles. The Balaban J connectivity index is 1.35. The van der Waals surface area contributed by atoms with Crippen molar-refractivity contribution in [2.75, 3.05) is 19.8 Å². The molecule has 4 atom stereocenters. The normalized spacial score (nSPS) is 22.6. The van der Waals surface area contributed by atoms with Crippen LogP contribution >= 0.6 is 0 Å². The average Bonchev–Trinajstić information content (AvgIpc) is 3.44. The van der Waals surface area contributed by atoms with E-state index in [2.05, 4.69) is 16.0 Å². The summed E-state index contributed by atoms with van der Waals surface area (Å²) in [5, 5.41) is 8.59. The second-order valence-corrected chi connectivity index (χ2v) is 13.3. The van der Waals surface area contributed by atoms with Crippen LogP contribution in [0.3, 0.4) is 0 Å². The van der Waals surface area contributed by atoms with Crippen molar-refractivity contribution in [3.63, 3.8) is 0 Å². The van der Waals surface area contributed by atoms with Crippen LogP contribution in [-0.4, -0.2) is 85.7 Å². The Morgan fingerprint density at radius 2 is 1.74 bits per heavy atom. The average molecular weight is 658 g/mol. The van der Waals surface area contributed by atoms with Gasteiger partial charge in [-0.2, -0.15) is 0 Å². The molecule has 2 aliphatic heterocycles. The Bertz CT molecular complexity index is 1370. The van der Waals surface area contributed by atoms with E-state index in [0.717, 1.165) is 5.56 Å². The van der Waals surface area contributed by atoms with Crippen LogP contribution in [0.4, 0.5) is 0 Å². The van der Waals surface area contributed by atoms with Crippen LogP contribution in [0.25, 0.3) is 5.76 Å². The van der Waals surface area contributed by atoms with E-state index in [1.165, 1.54) is 0 Å². The standard InChI is InChI=1S/C34H47N3O10/c1-20(2)35-26(32(42)37-27(14-16-43-19-38)31(41)36-21(3)4)11-12-28(39)44-17-22-18-45-34(46-22)25-10-8-7-9-23(25)29-24(30(34)40)13-15-33(5,6)47-29/h7-10,19-22,26-27,35H,11-18H2,1-6H3,(H,36,41)(H,37,42). The van der Waals surface area contributed by atoms with E-state index in [4.69, 9.17) is 23.7 Å². The number of hydrogen-bond donors (Lipinski definition) is 3. The number of hydrogen-bond acceptors (Lipinski definition) is 11. The first kappa shape index (κ1) is 36.0. The lowest BCUT2D eigenvalue weighted by atomic mass is 9.79. The molecule has 2 heterocycles. The Morgan fingerprint density at radius 3 is 2.45 bits per heavy atom. The molecule has 0 saturated carbocycles. The van der Waals surface area contributed by atoms with Crippen LogP contribution < -0.4 is 16.0 Å². The number of nitrogens with one attached hydrogen (secondary N) is 3. The monoisotopic (exact) mass is 657 g/mol. The first-order valence-electron chi connectivity index (χ1n) is 16.2. The highest BCUT2D eigenvalue weighted by molar-refractivity contribution is 6.10. The van der Waals surface area contributed by atoms with Gasteiger partial charge in [0.25, 0.3) is 12.3 Å². The van der Waals surface area contributed by atoms with Crippen LogP contribution in [0.2, 0.25) is 0 Å². The third-order valence-corrected chi connectivity index (χ3v) is 8.11. The quantitative estimate of drug-likeness (QED) is 0.144. The first-order chi connectivity index (χ1) is 22.3. The number of carbonyl (C=O) groups is 5. The van der Waals surface area contributed by atoms with Gasteiger partial charge in [-0.3, -0.25) is 24.0 Å². The Labute approximate surface area is 275 Å². The lowest BCUT2D eigenvalue weighted by Gasteiger charge is -2.41. The van der Waals surface area contributed by atoms with Crippen molar-refractivity contribution in [3.8, 4) is 0 Å². The van der Waals surface area contributed by atoms with Crippen LogP contribution in [-0.2, 0) is 53.4 Å². The van der Waals surface area contributed by atoms with Gasteiger partial charge in [0, 0.05) is 41.6 Å². The zero-order chi connectivity index (χ0) is 34.4. The highest BCUT2D eigenvalue weighted by atomic mass is 16.8. The summed E-state index contributed by atoms with van der Waals surface area (Å²) < 4.78 is 28.8. The molecule has 3 N–H and O–H groups in total. The largest absolute Gasteiger partial charge is 0.487 e. The number of Topliss-reactive ketones (excluding diaryl/α,β-unsaturated/α-hetero) is 1. The maximum Gasteiger partial charge on any atom is 0.305 e. The highest BCUT2D eigenvalue weighted by Crippen LogP contribution is 2.50. The van der Waals surface area contributed by atoms with Crippen LogP contribution in [0.5, 0.6) is 0 Å². The lowest BCUT2D eigenvalue weighted by molar-refractivity contribution is -0.191. The van der Waals surface area contributed by atoms with Crippen molar-refractivity contribution >= 4 is 35.8 Å². The number of esters is 1. The van der Waals surface area contributed by atoms with Gasteiger partial charge in [-0.25, -0.2) is 0 Å². The van der Waals surface area contributed by atoms with E-state index in [9.17, 15) is 24.0 Å². The van der Waals surface area contributed by atoms with Crippen molar-refractivity contribution in [1.82, 2.24) is 16.0 Å². The van der Waals surface area contributed by atoms with Crippen LogP contribution in [0.1, 0.15) is 84.8 Å².